The molecule has 1 N–H and O–H groups in total. The van der Waals surface area contributed by atoms with E-state index >= 15 is 0 Å². The number of carbonyl (C=O) groups is 2. The highest BCUT2D eigenvalue weighted by atomic mass is 16.5. The number of esters is 2. The summed E-state index contributed by atoms with van der Waals surface area (Å²) in [5.41, 5.74) is 1.51. The van der Waals surface area contributed by atoms with Gasteiger partial charge in [0.1, 0.15) is 18.2 Å². The van der Waals surface area contributed by atoms with Gasteiger partial charge in [-0.05, 0) is 27.7 Å². The number of rotatable bonds is 11. The Balaban J connectivity index is 2.65. The van der Waals surface area contributed by atoms with Crippen LogP contribution in [0.25, 0.3) is 0 Å². The van der Waals surface area contributed by atoms with Crippen LogP contribution in [0.4, 0.5) is 0 Å². The molecule has 1 rings (SSSR count). The molecular weight excluding hydrogens is 342 g/mol. The minimum absolute atomic E-state index is 0.144. The van der Waals surface area contributed by atoms with Crippen LogP contribution in [0.15, 0.2) is 22.9 Å². The van der Waals surface area contributed by atoms with Gasteiger partial charge in [0.15, 0.2) is 0 Å². The SMILES string of the molecule is CCOC(=O)CCOC1=C(C)N(CO)C(C)=C(OCCC(=O)OCC)C1. The van der Waals surface area contributed by atoms with Gasteiger partial charge in [0.2, 0.25) is 0 Å². The Kier molecular flexibility index (Phi) is 9.57. The lowest BCUT2D eigenvalue weighted by Crippen LogP contribution is -2.28. The molecule has 0 radical (unpaired) electrons. The van der Waals surface area contributed by atoms with Crippen LogP contribution >= 0.6 is 0 Å². The normalized spacial score (nSPS) is 14.4. The molecule has 0 saturated heterocycles. The molecule has 1 aliphatic heterocycles. The van der Waals surface area contributed by atoms with E-state index in [1.54, 1.807) is 18.7 Å². The molecule has 0 aromatic heterocycles. The summed E-state index contributed by atoms with van der Waals surface area (Å²) >= 11 is 0. The molecule has 8 heteroatoms. The second kappa shape index (κ2) is 11.4. The highest BCUT2D eigenvalue weighted by Crippen LogP contribution is 2.31. The average molecular weight is 371 g/mol. The van der Waals surface area contributed by atoms with Gasteiger partial charge in [-0.2, -0.15) is 0 Å². The number of aliphatic hydroxyl groups is 1. The van der Waals surface area contributed by atoms with Crippen molar-refractivity contribution in [2.45, 2.75) is 47.0 Å². The van der Waals surface area contributed by atoms with E-state index in [1.165, 1.54) is 0 Å². The molecule has 0 aromatic rings. The molecule has 0 unspecified atom stereocenters. The van der Waals surface area contributed by atoms with Gasteiger partial charge in [0.05, 0.1) is 57.1 Å². The molecular formula is C18H29NO7. The topological polar surface area (TPSA) is 94.5 Å². The molecule has 0 aromatic carbocycles. The van der Waals surface area contributed by atoms with Crippen LogP contribution in [0, 0.1) is 0 Å². The van der Waals surface area contributed by atoms with Gasteiger partial charge in [-0.3, -0.25) is 9.59 Å². The number of ether oxygens (including phenoxy) is 4. The van der Waals surface area contributed by atoms with Gasteiger partial charge in [-0.1, -0.05) is 0 Å². The Bertz CT molecular complexity index is 508. The zero-order valence-corrected chi connectivity index (χ0v) is 16.0. The second-order valence-electron chi connectivity index (χ2n) is 5.57. The summed E-state index contributed by atoms with van der Waals surface area (Å²) in [5, 5.41) is 9.63. The summed E-state index contributed by atoms with van der Waals surface area (Å²) in [7, 11) is 0. The van der Waals surface area contributed by atoms with Crippen molar-refractivity contribution in [2.75, 3.05) is 33.2 Å². The van der Waals surface area contributed by atoms with Crippen LogP contribution in [0.5, 0.6) is 0 Å². The average Bonchev–Trinajstić information content (AvgIpc) is 2.59. The maximum absolute atomic E-state index is 11.4. The first-order valence-electron chi connectivity index (χ1n) is 8.79. The lowest BCUT2D eigenvalue weighted by atomic mass is 10.1. The first kappa shape index (κ1) is 21.8. The zero-order valence-electron chi connectivity index (χ0n) is 16.0. The maximum Gasteiger partial charge on any atom is 0.309 e. The van der Waals surface area contributed by atoms with E-state index in [0.717, 1.165) is 11.4 Å². The number of aliphatic hydroxyl groups excluding tert-OH is 1. The molecule has 0 aliphatic carbocycles. The predicted octanol–water partition coefficient (Wildman–Crippen LogP) is 2.04. The first-order chi connectivity index (χ1) is 12.4. The van der Waals surface area contributed by atoms with Crippen molar-refractivity contribution in [3.63, 3.8) is 0 Å². The Hall–Kier alpha value is -2.22. The third-order valence-electron chi connectivity index (χ3n) is 3.85. The number of nitrogens with zero attached hydrogens (tertiary/aromatic N) is 1. The summed E-state index contributed by atoms with van der Waals surface area (Å²) < 4.78 is 21.2. The fraction of sp³-hybridized carbons (Fsp3) is 0.667. The van der Waals surface area contributed by atoms with Crippen molar-refractivity contribution in [3.8, 4) is 0 Å². The summed E-state index contributed by atoms with van der Waals surface area (Å²) in [6, 6.07) is 0. The van der Waals surface area contributed by atoms with Gasteiger partial charge in [0.25, 0.3) is 0 Å². The molecule has 8 nitrogen and oxygen atoms in total. The van der Waals surface area contributed by atoms with Crippen LogP contribution in [0.2, 0.25) is 0 Å². The minimum Gasteiger partial charge on any atom is -0.495 e. The molecule has 148 valence electrons. The predicted molar refractivity (Wildman–Crippen MR) is 93.3 cm³/mol. The van der Waals surface area contributed by atoms with Gasteiger partial charge in [-0.15, -0.1) is 0 Å². The Morgan fingerprint density at radius 1 is 0.923 bits per heavy atom. The van der Waals surface area contributed by atoms with E-state index < -0.39 is 0 Å². The van der Waals surface area contributed by atoms with Crippen molar-refractivity contribution >= 4 is 11.9 Å². The maximum atomic E-state index is 11.4. The molecule has 0 bridgehead atoms. The van der Waals surface area contributed by atoms with E-state index in [-0.39, 0.29) is 44.7 Å². The van der Waals surface area contributed by atoms with Crippen molar-refractivity contribution in [2.24, 2.45) is 0 Å². The van der Waals surface area contributed by atoms with Crippen LogP contribution in [0.3, 0.4) is 0 Å². The molecule has 0 saturated carbocycles. The molecule has 0 atom stereocenters. The standard InChI is InChI=1S/C18H29NO7/c1-5-23-17(21)7-9-25-15-11-16(14(4)19(12-20)13(15)3)26-10-8-18(22)24-6-2/h20H,5-12H2,1-4H3. The quantitative estimate of drug-likeness (QED) is 0.552. The fourth-order valence-corrected chi connectivity index (χ4v) is 2.46. The molecule has 1 heterocycles. The Labute approximate surface area is 154 Å². The van der Waals surface area contributed by atoms with E-state index in [9.17, 15) is 14.7 Å². The number of carbonyl (C=O) groups excluding carboxylic acids is 2. The minimum atomic E-state index is -0.321. The van der Waals surface area contributed by atoms with Gasteiger partial charge in [0, 0.05) is 0 Å². The highest BCUT2D eigenvalue weighted by Gasteiger charge is 2.25. The Morgan fingerprint density at radius 3 is 1.69 bits per heavy atom. The van der Waals surface area contributed by atoms with Gasteiger partial charge < -0.3 is 29.0 Å². The van der Waals surface area contributed by atoms with Crippen LogP contribution in [0.1, 0.15) is 47.0 Å². The monoisotopic (exact) mass is 371 g/mol. The summed E-state index contributed by atoms with van der Waals surface area (Å²) in [4.78, 5) is 24.5. The van der Waals surface area contributed by atoms with E-state index in [2.05, 4.69) is 0 Å². The molecule has 0 fully saturated rings. The van der Waals surface area contributed by atoms with Gasteiger partial charge in [-0.25, -0.2) is 0 Å². The van der Waals surface area contributed by atoms with Crippen molar-refractivity contribution in [1.82, 2.24) is 4.90 Å². The van der Waals surface area contributed by atoms with Crippen LogP contribution in [-0.4, -0.2) is 55.1 Å². The Morgan fingerprint density at radius 2 is 1.35 bits per heavy atom. The van der Waals surface area contributed by atoms with Crippen molar-refractivity contribution < 1.29 is 33.6 Å². The molecule has 26 heavy (non-hydrogen) atoms. The van der Waals surface area contributed by atoms with Crippen molar-refractivity contribution in [1.29, 1.82) is 0 Å². The van der Waals surface area contributed by atoms with E-state index in [0.29, 0.717) is 31.2 Å². The highest BCUT2D eigenvalue weighted by molar-refractivity contribution is 5.69. The summed E-state index contributed by atoms with van der Waals surface area (Å²) in [6.45, 7) is 7.95. The molecule has 0 spiro atoms. The molecule has 0 amide bonds. The summed E-state index contributed by atoms with van der Waals surface area (Å²) in [6.07, 6.45) is 0.677. The third-order valence-corrected chi connectivity index (χ3v) is 3.85. The fourth-order valence-electron chi connectivity index (χ4n) is 2.46. The second-order valence-corrected chi connectivity index (χ2v) is 5.57. The van der Waals surface area contributed by atoms with E-state index in [1.807, 2.05) is 13.8 Å². The summed E-state index contributed by atoms with van der Waals surface area (Å²) in [5.74, 6) is 0.580. The smallest absolute Gasteiger partial charge is 0.309 e. The largest absolute Gasteiger partial charge is 0.495 e. The van der Waals surface area contributed by atoms with Gasteiger partial charge >= 0.3 is 11.9 Å². The lowest BCUT2D eigenvalue weighted by Gasteiger charge is -2.32. The van der Waals surface area contributed by atoms with E-state index in [4.69, 9.17) is 18.9 Å². The number of allylic oxidation sites excluding steroid dienone is 2. The number of hydrogen-bond donors (Lipinski definition) is 1. The first-order valence-corrected chi connectivity index (χ1v) is 8.79. The third kappa shape index (κ3) is 6.59. The van der Waals surface area contributed by atoms with Crippen LogP contribution in [-0.2, 0) is 28.5 Å². The van der Waals surface area contributed by atoms with Crippen LogP contribution < -0.4 is 0 Å². The molecule has 1 aliphatic rings. The van der Waals surface area contributed by atoms with Crippen molar-refractivity contribution in [3.05, 3.63) is 22.9 Å². The number of hydrogen-bond acceptors (Lipinski definition) is 8. The lowest BCUT2D eigenvalue weighted by molar-refractivity contribution is -0.144. The zero-order chi connectivity index (χ0) is 19.5.